The maximum Gasteiger partial charge on any atom is 0.230 e. The zero-order valence-electron chi connectivity index (χ0n) is 16.5. The van der Waals surface area contributed by atoms with Crippen molar-refractivity contribution in [2.75, 3.05) is 5.75 Å². The second-order valence-electron chi connectivity index (χ2n) is 7.22. The Kier molecular flexibility index (Phi) is 19.0. The first-order chi connectivity index (χ1) is 11.7. The predicted octanol–water partition coefficient (Wildman–Crippen LogP) is 6.85. The third kappa shape index (κ3) is 18.2. The van der Waals surface area contributed by atoms with Crippen LogP contribution in [0.2, 0.25) is 0 Å². The van der Waals surface area contributed by atoms with Crippen LogP contribution in [0.5, 0.6) is 0 Å². The smallest absolute Gasteiger partial charge is 0.230 e. The van der Waals surface area contributed by atoms with Crippen molar-refractivity contribution in [3.63, 3.8) is 0 Å². The highest BCUT2D eigenvalue weighted by Crippen LogP contribution is 2.16. The average Bonchev–Trinajstić information content (AvgIpc) is 2.57. The molecule has 24 heavy (non-hydrogen) atoms. The lowest BCUT2D eigenvalue weighted by Gasteiger charge is -2.06. The van der Waals surface area contributed by atoms with Crippen LogP contribution in [0.15, 0.2) is 0 Å². The summed E-state index contributed by atoms with van der Waals surface area (Å²) in [5.41, 5.74) is 5.25. The molecule has 0 fully saturated rings. The molecule has 144 valence electrons. The number of amides is 1. The molecule has 1 unspecified atom stereocenters. The number of primary amides is 1. The van der Waals surface area contributed by atoms with Gasteiger partial charge in [0.05, 0.1) is 5.25 Å². The van der Waals surface area contributed by atoms with Gasteiger partial charge in [0.15, 0.2) is 0 Å². The number of carbonyl (C=O) groups is 1. The molecule has 0 aromatic heterocycles. The van der Waals surface area contributed by atoms with E-state index < -0.39 is 0 Å². The molecule has 0 aromatic rings. The van der Waals surface area contributed by atoms with Crippen LogP contribution in [0, 0.1) is 0 Å². The van der Waals surface area contributed by atoms with Crippen molar-refractivity contribution >= 4 is 17.7 Å². The molecule has 0 aliphatic carbocycles. The molecule has 1 atom stereocenters. The molecule has 2 nitrogen and oxygen atoms in total. The van der Waals surface area contributed by atoms with E-state index in [0.717, 1.165) is 5.75 Å². The first kappa shape index (κ1) is 23.8. The van der Waals surface area contributed by atoms with E-state index in [1.807, 2.05) is 6.92 Å². The standard InChI is InChI=1S/C21H43NOS/c1-3-4-5-6-7-8-9-10-11-12-13-14-15-16-17-18-19-24-20(2)21(22)23/h20H,3-19H2,1-2H3,(H2,22,23). The second kappa shape index (κ2) is 19.1. The minimum atomic E-state index is -0.184. The predicted molar refractivity (Wildman–Crippen MR) is 111 cm³/mol. The molecular formula is C21H43NOS. The summed E-state index contributed by atoms with van der Waals surface area (Å²) in [6.07, 6.45) is 22.4. The highest BCUT2D eigenvalue weighted by atomic mass is 32.2. The first-order valence-electron chi connectivity index (χ1n) is 10.6. The van der Waals surface area contributed by atoms with Crippen molar-refractivity contribution in [3.05, 3.63) is 0 Å². The van der Waals surface area contributed by atoms with Crippen LogP contribution in [-0.2, 0) is 4.79 Å². The van der Waals surface area contributed by atoms with E-state index in [2.05, 4.69) is 6.92 Å². The summed E-state index contributed by atoms with van der Waals surface area (Å²) in [7, 11) is 0. The van der Waals surface area contributed by atoms with Crippen LogP contribution in [0.3, 0.4) is 0 Å². The lowest BCUT2D eigenvalue weighted by molar-refractivity contribution is -0.117. The molecule has 1 amide bonds. The molecular weight excluding hydrogens is 314 g/mol. The summed E-state index contributed by atoms with van der Waals surface area (Å²) >= 11 is 1.70. The second-order valence-corrected chi connectivity index (χ2v) is 8.67. The summed E-state index contributed by atoms with van der Waals surface area (Å²) in [6.45, 7) is 4.19. The van der Waals surface area contributed by atoms with Gasteiger partial charge in [-0.25, -0.2) is 0 Å². The lowest BCUT2D eigenvalue weighted by Crippen LogP contribution is -2.22. The van der Waals surface area contributed by atoms with Gasteiger partial charge in [-0.1, -0.05) is 103 Å². The molecule has 0 aliphatic heterocycles. The van der Waals surface area contributed by atoms with E-state index >= 15 is 0 Å². The Morgan fingerprint density at radius 1 is 0.708 bits per heavy atom. The maximum absolute atomic E-state index is 10.9. The van der Waals surface area contributed by atoms with Crippen LogP contribution >= 0.6 is 11.8 Å². The van der Waals surface area contributed by atoms with Gasteiger partial charge in [0.2, 0.25) is 5.91 Å². The number of hydrogen-bond acceptors (Lipinski definition) is 2. The highest BCUT2D eigenvalue weighted by Gasteiger charge is 2.07. The van der Waals surface area contributed by atoms with Gasteiger partial charge in [0.1, 0.15) is 0 Å². The number of nitrogens with two attached hydrogens (primary N) is 1. The van der Waals surface area contributed by atoms with Gasteiger partial charge in [0, 0.05) is 0 Å². The van der Waals surface area contributed by atoms with Gasteiger partial charge in [0.25, 0.3) is 0 Å². The summed E-state index contributed by atoms with van der Waals surface area (Å²) < 4.78 is 0. The van der Waals surface area contributed by atoms with Crippen LogP contribution in [0.1, 0.15) is 117 Å². The Morgan fingerprint density at radius 3 is 1.38 bits per heavy atom. The molecule has 0 rings (SSSR count). The highest BCUT2D eigenvalue weighted by molar-refractivity contribution is 8.00. The summed E-state index contributed by atoms with van der Waals surface area (Å²) in [6, 6.07) is 0. The summed E-state index contributed by atoms with van der Waals surface area (Å²) in [4.78, 5) is 10.9. The average molecular weight is 358 g/mol. The van der Waals surface area contributed by atoms with Gasteiger partial charge in [-0.3, -0.25) is 4.79 Å². The van der Waals surface area contributed by atoms with Gasteiger partial charge in [-0.2, -0.15) is 0 Å². The molecule has 0 saturated heterocycles. The van der Waals surface area contributed by atoms with Crippen LogP contribution in [0.4, 0.5) is 0 Å². The molecule has 0 heterocycles. The van der Waals surface area contributed by atoms with E-state index in [-0.39, 0.29) is 11.2 Å². The molecule has 2 N–H and O–H groups in total. The number of hydrogen-bond donors (Lipinski definition) is 1. The van der Waals surface area contributed by atoms with E-state index in [1.165, 1.54) is 103 Å². The third-order valence-electron chi connectivity index (χ3n) is 4.77. The molecule has 0 aliphatic rings. The normalized spacial score (nSPS) is 12.4. The molecule has 0 radical (unpaired) electrons. The van der Waals surface area contributed by atoms with Gasteiger partial charge in [-0.15, -0.1) is 11.8 Å². The largest absolute Gasteiger partial charge is 0.369 e. The van der Waals surface area contributed by atoms with Crippen LogP contribution in [0.25, 0.3) is 0 Å². The van der Waals surface area contributed by atoms with Gasteiger partial charge in [-0.05, 0) is 19.1 Å². The Morgan fingerprint density at radius 2 is 1.04 bits per heavy atom. The van der Waals surface area contributed by atoms with E-state index in [9.17, 15) is 4.79 Å². The maximum atomic E-state index is 10.9. The molecule has 0 aromatic carbocycles. The van der Waals surface area contributed by atoms with E-state index in [4.69, 9.17) is 5.73 Å². The number of rotatable bonds is 19. The van der Waals surface area contributed by atoms with E-state index in [1.54, 1.807) is 11.8 Å². The van der Waals surface area contributed by atoms with Crippen molar-refractivity contribution in [2.45, 2.75) is 122 Å². The van der Waals surface area contributed by atoms with Crippen molar-refractivity contribution in [2.24, 2.45) is 5.73 Å². The fourth-order valence-electron chi connectivity index (χ4n) is 2.99. The fraction of sp³-hybridized carbons (Fsp3) is 0.952. The minimum Gasteiger partial charge on any atom is -0.369 e. The van der Waals surface area contributed by atoms with Gasteiger partial charge < -0.3 is 5.73 Å². The number of carbonyl (C=O) groups excluding carboxylic acids is 1. The summed E-state index contributed by atoms with van der Waals surface area (Å²) in [5.74, 6) is 0.888. The monoisotopic (exact) mass is 357 g/mol. The Hall–Kier alpha value is -0.180. The fourth-order valence-corrected chi connectivity index (χ4v) is 3.88. The number of unbranched alkanes of at least 4 members (excludes halogenated alkanes) is 15. The van der Waals surface area contributed by atoms with Crippen molar-refractivity contribution < 1.29 is 4.79 Å². The molecule has 0 saturated carbocycles. The minimum absolute atomic E-state index is 0.0265. The lowest BCUT2D eigenvalue weighted by atomic mass is 10.0. The van der Waals surface area contributed by atoms with Crippen LogP contribution in [-0.4, -0.2) is 16.9 Å². The Labute approximate surface area is 156 Å². The topological polar surface area (TPSA) is 43.1 Å². The first-order valence-corrected chi connectivity index (χ1v) is 11.6. The Bertz CT molecular complexity index is 271. The third-order valence-corrected chi connectivity index (χ3v) is 6.02. The van der Waals surface area contributed by atoms with Crippen molar-refractivity contribution in [3.8, 4) is 0 Å². The van der Waals surface area contributed by atoms with Crippen molar-refractivity contribution in [1.29, 1.82) is 0 Å². The SMILES string of the molecule is CCCCCCCCCCCCCCCCCCSC(C)C(N)=O. The molecule has 0 bridgehead atoms. The zero-order valence-corrected chi connectivity index (χ0v) is 17.3. The summed E-state index contributed by atoms with van der Waals surface area (Å²) in [5, 5.41) is -0.0265. The zero-order chi connectivity index (χ0) is 17.9. The van der Waals surface area contributed by atoms with Crippen LogP contribution < -0.4 is 5.73 Å². The molecule has 3 heteroatoms. The van der Waals surface area contributed by atoms with E-state index in [0.29, 0.717) is 0 Å². The quantitative estimate of drug-likeness (QED) is 0.257. The van der Waals surface area contributed by atoms with Gasteiger partial charge >= 0.3 is 0 Å². The molecule has 0 spiro atoms. The van der Waals surface area contributed by atoms with Crippen molar-refractivity contribution in [1.82, 2.24) is 0 Å². The number of thioether (sulfide) groups is 1. The Balaban J connectivity index is 3.04.